The maximum absolute atomic E-state index is 11.0. The molecule has 0 unspecified atom stereocenters. The van der Waals surface area contributed by atoms with E-state index in [9.17, 15) is 14.9 Å². The van der Waals surface area contributed by atoms with Crippen molar-refractivity contribution < 1.29 is 9.72 Å². The van der Waals surface area contributed by atoms with Gasteiger partial charge in [0.1, 0.15) is 0 Å². The van der Waals surface area contributed by atoms with Gasteiger partial charge in [-0.15, -0.1) is 10.2 Å². The summed E-state index contributed by atoms with van der Waals surface area (Å²) < 4.78 is 0.528. The van der Waals surface area contributed by atoms with Crippen molar-refractivity contribution in [1.82, 2.24) is 10.2 Å². The number of hydrogen-bond donors (Lipinski definition) is 1. The van der Waals surface area contributed by atoms with Crippen molar-refractivity contribution in [1.29, 1.82) is 0 Å². The molecule has 0 atom stereocenters. The number of nitro benzene ring substituents is 1. The number of aryl methyl sites for hydroxylation is 1. The van der Waals surface area contributed by atoms with Crippen LogP contribution < -0.4 is 5.32 Å². The molecule has 1 aromatic carbocycles. The smallest absolute Gasteiger partial charge is 0.283 e. The Labute approximate surface area is 122 Å². The highest BCUT2D eigenvalue weighted by Gasteiger charge is 2.17. The van der Waals surface area contributed by atoms with Gasteiger partial charge in [0.2, 0.25) is 11.0 Å². The van der Waals surface area contributed by atoms with Crippen molar-refractivity contribution in [3.8, 4) is 0 Å². The molecule has 2 aromatic rings. The van der Waals surface area contributed by atoms with Gasteiger partial charge in [0.15, 0.2) is 4.34 Å². The summed E-state index contributed by atoms with van der Waals surface area (Å²) in [6.45, 7) is 3.17. The molecule has 1 heterocycles. The Balaban J connectivity index is 2.23. The van der Waals surface area contributed by atoms with Crippen LogP contribution >= 0.6 is 23.1 Å². The highest BCUT2D eigenvalue weighted by atomic mass is 32.2. The highest BCUT2D eigenvalue weighted by Crippen LogP contribution is 2.37. The van der Waals surface area contributed by atoms with Gasteiger partial charge in [-0.2, -0.15) is 0 Å². The first-order valence-electron chi connectivity index (χ1n) is 5.49. The van der Waals surface area contributed by atoms with E-state index in [1.165, 1.54) is 24.3 Å². The molecule has 7 nitrogen and oxygen atoms in total. The van der Waals surface area contributed by atoms with Crippen LogP contribution in [-0.2, 0) is 4.79 Å². The van der Waals surface area contributed by atoms with Crippen molar-refractivity contribution in [2.45, 2.75) is 23.1 Å². The standard InChI is InChI=1S/C11H10N4O3S2/c1-6-3-4-9(8(5-6)15(17)18)19-11-14-13-10(20-11)12-7(2)16/h3-5H,1-2H3,(H,12,13,16). The molecule has 0 aliphatic heterocycles. The number of nitro groups is 1. The van der Waals surface area contributed by atoms with E-state index in [0.717, 1.165) is 17.3 Å². The Morgan fingerprint density at radius 2 is 2.20 bits per heavy atom. The van der Waals surface area contributed by atoms with E-state index in [1.807, 2.05) is 0 Å². The molecule has 0 saturated heterocycles. The summed E-state index contributed by atoms with van der Waals surface area (Å²) in [4.78, 5) is 22.0. The van der Waals surface area contributed by atoms with Crippen molar-refractivity contribution in [2.24, 2.45) is 0 Å². The fraction of sp³-hybridized carbons (Fsp3) is 0.182. The molecule has 1 aromatic heterocycles. The van der Waals surface area contributed by atoms with Crippen molar-refractivity contribution in [3.05, 3.63) is 33.9 Å². The first-order chi connectivity index (χ1) is 9.45. The molecular formula is C11H10N4O3S2. The van der Waals surface area contributed by atoms with Crippen LogP contribution in [0.5, 0.6) is 0 Å². The number of anilines is 1. The molecule has 1 amide bonds. The van der Waals surface area contributed by atoms with Gasteiger partial charge >= 0.3 is 0 Å². The minimum atomic E-state index is -0.425. The van der Waals surface area contributed by atoms with Crippen LogP contribution in [0.25, 0.3) is 0 Å². The average molecular weight is 310 g/mol. The maximum atomic E-state index is 11.0. The monoisotopic (exact) mass is 310 g/mol. The number of amides is 1. The van der Waals surface area contributed by atoms with Crippen molar-refractivity contribution >= 4 is 39.8 Å². The molecule has 0 saturated carbocycles. The third-order valence-electron chi connectivity index (χ3n) is 2.20. The van der Waals surface area contributed by atoms with E-state index < -0.39 is 4.92 Å². The molecule has 0 radical (unpaired) electrons. The summed E-state index contributed by atoms with van der Waals surface area (Å²) in [6, 6.07) is 4.99. The number of benzene rings is 1. The van der Waals surface area contributed by atoms with E-state index in [-0.39, 0.29) is 11.6 Å². The normalized spacial score (nSPS) is 10.3. The second kappa shape index (κ2) is 5.97. The molecule has 0 spiro atoms. The quantitative estimate of drug-likeness (QED) is 0.529. The highest BCUT2D eigenvalue weighted by molar-refractivity contribution is 8.01. The molecule has 0 fully saturated rings. The third-order valence-corrected chi connectivity index (χ3v) is 4.15. The molecule has 9 heteroatoms. The van der Waals surface area contributed by atoms with Gasteiger partial charge in [-0.25, -0.2) is 0 Å². The van der Waals surface area contributed by atoms with Gasteiger partial charge in [-0.1, -0.05) is 17.4 Å². The number of nitrogens with zero attached hydrogens (tertiary/aromatic N) is 3. The summed E-state index contributed by atoms with van der Waals surface area (Å²) in [7, 11) is 0. The van der Waals surface area contributed by atoms with E-state index >= 15 is 0 Å². The van der Waals surface area contributed by atoms with E-state index in [0.29, 0.717) is 14.4 Å². The fourth-order valence-corrected chi connectivity index (χ4v) is 3.24. The Kier molecular flexibility index (Phi) is 4.30. The number of carbonyl (C=O) groups excluding carboxylic acids is 1. The van der Waals surface area contributed by atoms with Gasteiger partial charge in [-0.05, 0) is 30.3 Å². The van der Waals surface area contributed by atoms with Crippen LogP contribution in [-0.4, -0.2) is 21.0 Å². The second-order valence-electron chi connectivity index (χ2n) is 3.88. The van der Waals surface area contributed by atoms with Crippen LogP contribution in [0.3, 0.4) is 0 Å². The predicted octanol–water partition coefficient (Wildman–Crippen LogP) is 2.86. The van der Waals surface area contributed by atoms with Crippen LogP contribution in [0, 0.1) is 17.0 Å². The average Bonchev–Trinajstić information content (AvgIpc) is 2.77. The van der Waals surface area contributed by atoms with Gasteiger partial charge in [0.05, 0.1) is 9.82 Å². The van der Waals surface area contributed by atoms with Crippen LogP contribution in [0.1, 0.15) is 12.5 Å². The summed E-state index contributed by atoms with van der Waals surface area (Å²) in [5.41, 5.74) is 0.850. The first kappa shape index (κ1) is 14.4. The Morgan fingerprint density at radius 3 is 2.85 bits per heavy atom. The van der Waals surface area contributed by atoms with Crippen molar-refractivity contribution in [2.75, 3.05) is 5.32 Å². The minimum absolute atomic E-state index is 0.0336. The number of carbonyl (C=O) groups is 1. The fourth-order valence-electron chi connectivity index (χ4n) is 1.40. The SMILES string of the molecule is CC(=O)Nc1nnc(Sc2ccc(C)cc2[N+](=O)[O-])s1. The molecule has 0 aliphatic carbocycles. The maximum Gasteiger partial charge on any atom is 0.283 e. The minimum Gasteiger partial charge on any atom is -0.301 e. The number of nitrogens with one attached hydrogen (secondary N) is 1. The lowest BCUT2D eigenvalue weighted by molar-refractivity contribution is -0.387. The zero-order chi connectivity index (χ0) is 14.7. The van der Waals surface area contributed by atoms with Crippen molar-refractivity contribution in [3.63, 3.8) is 0 Å². The Bertz CT molecular complexity index is 671. The molecule has 20 heavy (non-hydrogen) atoms. The van der Waals surface area contributed by atoms with Gasteiger partial charge in [-0.3, -0.25) is 14.9 Å². The van der Waals surface area contributed by atoms with Gasteiger partial charge in [0.25, 0.3) is 5.69 Å². The van der Waals surface area contributed by atoms with Crippen LogP contribution in [0.4, 0.5) is 10.8 Å². The van der Waals surface area contributed by atoms with Crippen LogP contribution in [0.15, 0.2) is 27.4 Å². The number of aromatic nitrogens is 2. The van der Waals surface area contributed by atoms with E-state index in [2.05, 4.69) is 15.5 Å². The van der Waals surface area contributed by atoms with E-state index in [4.69, 9.17) is 0 Å². The summed E-state index contributed by atoms with van der Waals surface area (Å²) in [5.74, 6) is -0.237. The van der Waals surface area contributed by atoms with Gasteiger partial charge < -0.3 is 5.32 Å². The topological polar surface area (TPSA) is 98.0 Å². The molecule has 1 N–H and O–H groups in total. The summed E-state index contributed by atoms with van der Waals surface area (Å²) in [6.07, 6.45) is 0. The molecule has 0 aliphatic rings. The summed E-state index contributed by atoms with van der Waals surface area (Å²) in [5, 5.41) is 21.6. The second-order valence-corrected chi connectivity index (χ2v) is 6.15. The summed E-state index contributed by atoms with van der Waals surface area (Å²) >= 11 is 2.32. The lowest BCUT2D eigenvalue weighted by Gasteiger charge is -2.00. The lowest BCUT2D eigenvalue weighted by atomic mass is 10.2. The lowest BCUT2D eigenvalue weighted by Crippen LogP contribution is -2.04. The Morgan fingerprint density at radius 1 is 1.45 bits per heavy atom. The number of hydrogen-bond acceptors (Lipinski definition) is 7. The predicted molar refractivity (Wildman–Crippen MR) is 76.2 cm³/mol. The molecule has 104 valence electrons. The van der Waals surface area contributed by atoms with E-state index in [1.54, 1.807) is 19.1 Å². The molecule has 2 rings (SSSR count). The van der Waals surface area contributed by atoms with Crippen LogP contribution in [0.2, 0.25) is 0 Å². The molecule has 0 bridgehead atoms. The third kappa shape index (κ3) is 3.52. The Hall–Kier alpha value is -2.00. The van der Waals surface area contributed by atoms with Gasteiger partial charge in [0, 0.05) is 13.0 Å². The largest absolute Gasteiger partial charge is 0.301 e. The first-order valence-corrected chi connectivity index (χ1v) is 7.13. The number of rotatable bonds is 4. The zero-order valence-electron chi connectivity index (χ0n) is 10.6. The zero-order valence-corrected chi connectivity index (χ0v) is 12.2. The molecular weight excluding hydrogens is 300 g/mol.